The van der Waals surface area contributed by atoms with E-state index in [0.29, 0.717) is 6.54 Å². The van der Waals surface area contributed by atoms with Crippen LogP contribution in [0.4, 0.5) is 0 Å². The van der Waals surface area contributed by atoms with Gasteiger partial charge in [0.25, 0.3) is 5.56 Å². The Morgan fingerprint density at radius 1 is 1.05 bits per heavy atom. The summed E-state index contributed by atoms with van der Waals surface area (Å²) in [6, 6.07) is 13.3. The van der Waals surface area contributed by atoms with E-state index in [0.717, 1.165) is 30.5 Å². The average Bonchev–Trinajstić information content (AvgIpc) is 2.49. The monoisotopic (exact) mass is 283 g/mol. The Bertz CT molecular complexity index is 671. The normalized spacial score (nSPS) is 10.6. The van der Waals surface area contributed by atoms with E-state index < -0.39 is 0 Å². The molecule has 0 aliphatic heterocycles. The summed E-state index contributed by atoms with van der Waals surface area (Å²) >= 11 is 0. The molecule has 0 fully saturated rings. The average molecular weight is 283 g/mol. The SMILES string of the molecule is CCCCCn1c(-c2ccccc2)ccc(C(C)=O)c1=O. The highest BCUT2D eigenvalue weighted by Crippen LogP contribution is 2.18. The molecule has 0 atom stereocenters. The number of Topliss-reactive ketones (excluding diaryl/α,β-unsaturated/α-hetero) is 1. The number of unbranched alkanes of at least 4 members (excludes halogenated alkanes) is 2. The van der Waals surface area contributed by atoms with E-state index >= 15 is 0 Å². The van der Waals surface area contributed by atoms with Gasteiger partial charge in [-0.2, -0.15) is 0 Å². The molecule has 21 heavy (non-hydrogen) atoms. The molecule has 0 saturated heterocycles. The second-order valence-corrected chi connectivity index (χ2v) is 5.22. The molecule has 0 aliphatic carbocycles. The summed E-state index contributed by atoms with van der Waals surface area (Å²) < 4.78 is 1.74. The minimum absolute atomic E-state index is 0.177. The topological polar surface area (TPSA) is 39.1 Å². The van der Waals surface area contributed by atoms with Gasteiger partial charge in [-0.05, 0) is 31.0 Å². The number of hydrogen-bond acceptors (Lipinski definition) is 2. The number of aromatic nitrogens is 1. The van der Waals surface area contributed by atoms with Crippen LogP contribution >= 0.6 is 0 Å². The molecule has 0 radical (unpaired) electrons. The van der Waals surface area contributed by atoms with E-state index in [9.17, 15) is 9.59 Å². The van der Waals surface area contributed by atoms with Crippen LogP contribution < -0.4 is 5.56 Å². The van der Waals surface area contributed by atoms with Gasteiger partial charge in [0.1, 0.15) is 0 Å². The first-order valence-electron chi connectivity index (χ1n) is 7.45. The van der Waals surface area contributed by atoms with E-state index in [1.165, 1.54) is 6.92 Å². The van der Waals surface area contributed by atoms with Gasteiger partial charge in [-0.3, -0.25) is 9.59 Å². The summed E-state index contributed by atoms with van der Waals surface area (Å²) in [5.74, 6) is -0.177. The largest absolute Gasteiger partial charge is 0.308 e. The molecule has 2 rings (SSSR count). The van der Waals surface area contributed by atoms with Crippen LogP contribution in [0.3, 0.4) is 0 Å². The lowest BCUT2D eigenvalue weighted by Gasteiger charge is -2.14. The van der Waals surface area contributed by atoms with Crippen molar-refractivity contribution < 1.29 is 4.79 Å². The molecule has 0 bridgehead atoms. The molecular weight excluding hydrogens is 262 g/mol. The van der Waals surface area contributed by atoms with Crippen molar-refractivity contribution in [3.8, 4) is 11.3 Å². The molecule has 3 nitrogen and oxygen atoms in total. The predicted octanol–water partition coefficient (Wildman–Crippen LogP) is 3.91. The molecule has 0 amide bonds. The van der Waals surface area contributed by atoms with Crippen LogP contribution in [0, 0.1) is 0 Å². The number of rotatable bonds is 6. The summed E-state index contributed by atoms with van der Waals surface area (Å²) in [6.07, 6.45) is 3.12. The minimum atomic E-state index is -0.181. The van der Waals surface area contributed by atoms with Crippen molar-refractivity contribution >= 4 is 5.78 Å². The highest BCUT2D eigenvalue weighted by molar-refractivity contribution is 5.93. The van der Waals surface area contributed by atoms with Crippen LogP contribution in [-0.4, -0.2) is 10.4 Å². The Kier molecular flexibility index (Phi) is 5.09. The van der Waals surface area contributed by atoms with Gasteiger partial charge in [-0.15, -0.1) is 0 Å². The fraction of sp³-hybridized carbons (Fsp3) is 0.333. The van der Waals surface area contributed by atoms with Crippen molar-refractivity contribution in [1.29, 1.82) is 0 Å². The second kappa shape index (κ2) is 7.02. The summed E-state index contributed by atoms with van der Waals surface area (Å²) in [6.45, 7) is 4.22. The molecule has 0 saturated carbocycles. The van der Waals surface area contributed by atoms with Gasteiger partial charge in [-0.25, -0.2) is 0 Å². The Hall–Kier alpha value is -2.16. The summed E-state index contributed by atoms with van der Waals surface area (Å²) in [5.41, 5.74) is 1.97. The van der Waals surface area contributed by atoms with Crippen LogP contribution in [0.15, 0.2) is 47.3 Å². The predicted molar refractivity (Wildman–Crippen MR) is 85.7 cm³/mol. The van der Waals surface area contributed by atoms with Crippen LogP contribution in [-0.2, 0) is 6.54 Å². The van der Waals surface area contributed by atoms with Crippen molar-refractivity contribution in [2.24, 2.45) is 0 Å². The number of nitrogens with zero attached hydrogens (tertiary/aromatic N) is 1. The number of benzene rings is 1. The minimum Gasteiger partial charge on any atom is -0.308 e. The molecule has 1 aromatic carbocycles. The quantitative estimate of drug-likeness (QED) is 0.595. The molecule has 0 aliphatic rings. The maximum absolute atomic E-state index is 12.5. The van der Waals surface area contributed by atoms with E-state index in [1.54, 1.807) is 10.6 Å². The van der Waals surface area contributed by atoms with Gasteiger partial charge in [0, 0.05) is 6.54 Å². The van der Waals surface area contributed by atoms with Crippen LogP contribution in [0.5, 0.6) is 0 Å². The van der Waals surface area contributed by atoms with Gasteiger partial charge < -0.3 is 4.57 Å². The molecule has 1 heterocycles. The van der Waals surface area contributed by atoms with Gasteiger partial charge >= 0.3 is 0 Å². The van der Waals surface area contributed by atoms with Crippen molar-refractivity contribution in [2.45, 2.75) is 39.7 Å². The first kappa shape index (κ1) is 15.2. The molecule has 0 spiro atoms. The Labute approximate surface area is 125 Å². The fourth-order valence-electron chi connectivity index (χ4n) is 2.45. The Morgan fingerprint density at radius 2 is 1.76 bits per heavy atom. The third-order valence-electron chi connectivity index (χ3n) is 3.61. The van der Waals surface area contributed by atoms with Crippen molar-refractivity contribution in [2.75, 3.05) is 0 Å². The molecule has 0 N–H and O–H groups in total. The van der Waals surface area contributed by atoms with Crippen LogP contribution in [0.25, 0.3) is 11.3 Å². The second-order valence-electron chi connectivity index (χ2n) is 5.22. The smallest absolute Gasteiger partial charge is 0.261 e. The molecule has 110 valence electrons. The first-order valence-corrected chi connectivity index (χ1v) is 7.45. The van der Waals surface area contributed by atoms with Gasteiger partial charge in [-0.1, -0.05) is 50.1 Å². The number of ketones is 1. The number of hydrogen-bond donors (Lipinski definition) is 0. The van der Waals surface area contributed by atoms with E-state index in [1.807, 2.05) is 36.4 Å². The van der Waals surface area contributed by atoms with Gasteiger partial charge in [0.2, 0.25) is 0 Å². The van der Waals surface area contributed by atoms with Crippen molar-refractivity contribution in [3.05, 3.63) is 58.4 Å². The Balaban J connectivity index is 2.51. The number of carbonyl (C=O) groups is 1. The molecule has 3 heteroatoms. The molecular formula is C18H21NO2. The lowest BCUT2D eigenvalue weighted by Crippen LogP contribution is -2.27. The zero-order chi connectivity index (χ0) is 15.2. The van der Waals surface area contributed by atoms with Crippen molar-refractivity contribution in [1.82, 2.24) is 4.57 Å². The third-order valence-corrected chi connectivity index (χ3v) is 3.61. The Morgan fingerprint density at radius 3 is 2.38 bits per heavy atom. The van der Waals surface area contributed by atoms with E-state index in [-0.39, 0.29) is 16.9 Å². The number of carbonyl (C=O) groups excluding carboxylic acids is 1. The standard InChI is InChI=1S/C18H21NO2/c1-3-4-8-13-19-17(15-9-6-5-7-10-15)12-11-16(14(2)20)18(19)21/h5-7,9-12H,3-4,8,13H2,1-2H3. The lowest BCUT2D eigenvalue weighted by molar-refractivity contribution is 0.101. The lowest BCUT2D eigenvalue weighted by atomic mass is 10.1. The third kappa shape index (κ3) is 3.48. The number of pyridine rings is 1. The summed E-state index contributed by atoms with van der Waals surface area (Å²) in [4.78, 5) is 24.1. The summed E-state index contributed by atoms with van der Waals surface area (Å²) in [7, 11) is 0. The maximum atomic E-state index is 12.5. The summed E-state index contributed by atoms with van der Waals surface area (Å²) in [5, 5.41) is 0. The maximum Gasteiger partial charge on any atom is 0.261 e. The molecule has 1 aromatic heterocycles. The zero-order valence-electron chi connectivity index (χ0n) is 12.6. The highest BCUT2D eigenvalue weighted by Gasteiger charge is 2.12. The van der Waals surface area contributed by atoms with E-state index in [4.69, 9.17) is 0 Å². The van der Waals surface area contributed by atoms with Crippen LogP contribution in [0.2, 0.25) is 0 Å². The van der Waals surface area contributed by atoms with Crippen molar-refractivity contribution in [3.63, 3.8) is 0 Å². The molecule has 0 unspecified atom stereocenters. The van der Waals surface area contributed by atoms with E-state index in [2.05, 4.69) is 6.92 Å². The zero-order valence-corrected chi connectivity index (χ0v) is 12.6. The van der Waals surface area contributed by atoms with Crippen LogP contribution in [0.1, 0.15) is 43.5 Å². The van der Waals surface area contributed by atoms with Gasteiger partial charge in [0.05, 0.1) is 11.3 Å². The highest BCUT2D eigenvalue weighted by atomic mass is 16.1. The first-order chi connectivity index (χ1) is 10.1. The van der Waals surface area contributed by atoms with Gasteiger partial charge in [0.15, 0.2) is 5.78 Å². The fourth-order valence-corrected chi connectivity index (χ4v) is 2.45. The molecule has 2 aromatic rings.